The highest BCUT2D eigenvalue weighted by molar-refractivity contribution is 5.87. The lowest BCUT2D eigenvalue weighted by Gasteiger charge is -2.27. The van der Waals surface area contributed by atoms with E-state index in [1.54, 1.807) is 12.1 Å². The molecule has 1 aromatic rings. The van der Waals surface area contributed by atoms with Crippen molar-refractivity contribution in [3.63, 3.8) is 0 Å². The average Bonchev–Trinajstić information content (AvgIpc) is 2.39. The number of nitrogens with zero attached hydrogens (tertiary/aromatic N) is 1. The second-order valence-electron chi connectivity index (χ2n) is 4.71. The van der Waals surface area contributed by atoms with Crippen LogP contribution in [0.1, 0.15) is 22.3 Å². The lowest BCUT2D eigenvalue weighted by molar-refractivity contribution is -0.0960. The second-order valence-corrected chi connectivity index (χ2v) is 4.71. The van der Waals surface area contributed by atoms with Gasteiger partial charge in [-0.3, -0.25) is 4.90 Å². The van der Waals surface area contributed by atoms with Crippen LogP contribution in [-0.4, -0.2) is 35.2 Å². The maximum absolute atomic E-state index is 12.5. The van der Waals surface area contributed by atoms with Crippen molar-refractivity contribution in [3.8, 4) is 0 Å². The molecule has 0 saturated carbocycles. The van der Waals surface area contributed by atoms with E-state index in [1.807, 2.05) is 4.90 Å². The van der Waals surface area contributed by atoms with Gasteiger partial charge in [-0.2, -0.15) is 13.2 Å². The van der Waals surface area contributed by atoms with Crippen LogP contribution in [0.5, 0.6) is 0 Å². The van der Waals surface area contributed by atoms with Gasteiger partial charge in [0.1, 0.15) is 0 Å². The third kappa shape index (κ3) is 3.60. The van der Waals surface area contributed by atoms with Gasteiger partial charge in [0.05, 0.1) is 5.56 Å². The molecular weight excluding hydrogens is 271 g/mol. The van der Waals surface area contributed by atoms with Crippen molar-refractivity contribution in [1.29, 1.82) is 0 Å². The molecule has 2 rings (SSSR count). The highest BCUT2D eigenvalue weighted by Gasteiger charge is 2.34. The Balaban J connectivity index is 1.96. The molecule has 0 aromatic heterocycles. The highest BCUT2D eigenvalue weighted by atomic mass is 19.4. The number of benzene rings is 1. The number of rotatable bonds is 3. The number of carboxylic acid groups (broad SMARTS) is 1. The van der Waals surface area contributed by atoms with Crippen molar-refractivity contribution >= 4 is 5.97 Å². The Bertz CT molecular complexity index is 520. The van der Waals surface area contributed by atoms with Crippen LogP contribution in [0.3, 0.4) is 0 Å². The van der Waals surface area contributed by atoms with Gasteiger partial charge in [0.25, 0.3) is 0 Å². The van der Waals surface area contributed by atoms with Crippen molar-refractivity contribution in [2.45, 2.75) is 19.1 Å². The molecule has 0 radical (unpaired) electrons. The van der Waals surface area contributed by atoms with Crippen molar-refractivity contribution in [1.82, 2.24) is 4.90 Å². The molecule has 1 aromatic carbocycles. The summed E-state index contributed by atoms with van der Waals surface area (Å²) in [7, 11) is 0. The molecule has 1 N–H and O–H groups in total. The number of alkyl halides is 3. The van der Waals surface area contributed by atoms with Crippen LogP contribution in [-0.2, 0) is 6.54 Å². The van der Waals surface area contributed by atoms with Gasteiger partial charge >= 0.3 is 12.1 Å². The number of halogens is 3. The van der Waals surface area contributed by atoms with Gasteiger partial charge in [0.2, 0.25) is 0 Å². The van der Waals surface area contributed by atoms with Crippen molar-refractivity contribution in [2.75, 3.05) is 13.1 Å². The Morgan fingerprint density at radius 2 is 1.90 bits per heavy atom. The molecule has 1 aliphatic heterocycles. The van der Waals surface area contributed by atoms with Crippen LogP contribution in [0.15, 0.2) is 35.9 Å². The predicted octanol–water partition coefficient (Wildman–Crippen LogP) is 3.08. The zero-order valence-electron chi connectivity index (χ0n) is 10.7. The molecule has 0 unspecified atom stereocenters. The summed E-state index contributed by atoms with van der Waals surface area (Å²) >= 11 is 0. The summed E-state index contributed by atoms with van der Waals surface area (Å²) in [6, 6.07) is 6.37. The van der Waals surface area contributed by atoms with Gasteiger partial charge in [-0.15, -0.1) is 0 Å². The van der Waals surface area contributed by atoms with E-state index in [1.165, 1.54) is 18.2 Å². The van der Waals surface area contributed by atoms with Gasteiger partial charge in [-0.1, -0.05) is 18.2 Å². The summed E-state index contributed by atoms with van der Waals surface area (Å²) in [5.74, 6) is -0.993. The lowest BCUT2D eigenvalue weighted by atomic mass is 10.1. The number of hydrogen-bond donors (Lipinski definition) is 1. The number of aromatic carboxylic acids is 1. The molecule has 20 heavy (non-hydrogen) atoms. The number of carbonyl (C=O) groups is 1. The third-order valence-electron chi connectivity index (χ3n) is 3.26. The van der Waals surface area contributed by atoms with Gasteiger partial charge in [0, 0.05) is 25.2 Å². The Hall–Kier alpha value is -1.82. The van der Waals surface area contributed by atoms with Crippen LogP contribution < -0.4 is 0 Å². The molecule has 1 heterocycles. The maximum atomic E-state index is 12.5. The first kappa shape index (κ1) is 14.6. The van der Waals surface area contributed by atoms with E-state index in [0.29, 0.717) is 13.1 Å². The zero-order chi connectivity index (χ0) is 14.8. The van der Waals surface area contributed by atoms with Crippen LogP contribution in [0, 0.1) is 0 Å². The number of carboxylic acids is 1. The van der Waals surface area contributed by atoms with Crippen molar-refractivity contribution in [3.05, 3.63) is 47.0 Å². The summed E-state index contributed by atoms with van der Waals surface area (Å²) in [6.45, 7) is 1.13. The van der Waals surface area contributed by atoms with E-state index in [4.69, 9.17) is 5.11 Å². The van der Waals surface area contributed by atoms with Gasteiger partial charge < -0.3 is 5.11 Å². The monoisotopic (exact) mass is 285 g/mol. The van der Waals surface area contributed by atoms with Gasteiger partial charge in [-0.25, -0.2) is 4.79 Å². The first-order valence-corrected chi connectivity index (χ1v) is 6.17. The summed E-state index contributed by atoms with van der Waals surface area (Å²) < 4.78 is 37.4. The SMILES string of the molecule is O=C(O)c1ccc(CN2CC=C(C(F)(F)F)CC2)cc1. The fourth-order valence-electron chi connectivity index (χ4n) is 2.12. The highest BCUT2D eigenvalue weighted by Crippen LogP contribution is 2.30. The molecule has 0 fully saturated rings. The Morgan fingerprint density at radius 1 is 1.25 bits per heavy atom. The summed E-state index contributed by atoms with van der Waals surface area (Å²) in [5, 5.41) is 8.78. The lowest BCUT2D eigenvalue weighted by Crippen LogP contribution is -2.31. The molecule has 0 spiro atoms. The molecule has 0 amide bonds. The molecule has 6 heteroatoms. The van der Waals surface area contributed by atoms with Crippen LogP contribution in [0.2, 0.25) is 0 Å². The van der Waals surface area contributed by atoms with E-state index in [9.17, 15) is 18.0 Å². The molecule has 3 nitrogen and oxygen atoms in total. The van der Waals surface area contributed by atoms with Gasteiger partial charge in [0.15, 0.2) is 0 Å². The molecule has 108 valence electrons. The molecule has 0 atom stereocenters. The quantitative estimate of drug-likeness (QED) is 0.868. The first-order valence-electron chi connectivity index (χ1n) is 6.17. The normalized spacial score (nSPS) is 16.9. The van der Waals surface area contributed by atoms with Crippen molar-refractivity contribution < 1.29 is 23.1 Å². The van der Waals surface area contributed by atoms with Crippen LogP contribution in [0.25, 0.3) is 0 Å². The molecule has 0 aliphatic carbocycles. The first-order chi connectivity index (χ1) is 9.36. The minimum atomic E-state index is -4.23. The molecule has 1 aliphatic rings. The van der Waals surface area contributed by atoms with E-state index >= 15 is 0 Å². The van der Waals surface area contributed by atoms with Gasteiger partial charge in [-0.05, 0) is 24.1 Å². The molecular formula is C14H14F3NO2. The molecule has 0 bridgehead atoms. The second kappa shape index (κ2) is 5.66. The standard InChI is InChI=1S/C14H14F3NO2/c15-14(16,17)12-5-7-18(8-6-12)9-10-1-3-11(4-2-10)13(19)20/h1-5H,6-9H2,(H,19,20). The van der Waals surface area contributed by atoms with E-state index < -0.39 is 17.7 Å². The smallest absolute Gasteiger partial charge is 0.412 e. The minimum absolute atomic E-state index is 0.00326. The fraction of sp³-hybridized carbons (Fsp3) is 0.357. The minimum Gasteiger partial charge on any atom is -0.478 e. The summed E-state index contributed by atoms with van der Waals surface area (Å²) in [5.41, 5.74) is 0.625. The third-order valence-corrected chi connectivity index (χ3v) is 3.26. The van der Waals surface area contributed by atoms with Crippen molar-refractivity contribution in [2.24, 2.45) is 0 Å². The zero-order valence-corrected chi connectivity index (χ0v) is 10.7. The van der Waals surface area contributed by atoms with Crippen LogP contribution >= 0.6 is 0 Å². The van der Waals surface area contributed by atoms with Crippen LogP contribution in [0.4, 0.5) is 13.2 Å². The largest absolute Gasteiger partial charge is 0.478 e. The van der Waals surface area contributed by atoms with E-state index in [-0.39, 0.29) is 18.5 Å². The fourth-order valence-corrected chi connectivity index (χ4v) is 2.12. The number of hydrogen-bond acceptors (Lipinski definition) is 2. The maximum Gasteiger partial charge on any atom is 0.412 e. The van der Waals surface area contributed by atoms with E-state index in [0.717, 1.165) is 5.56 Å². The Morgan fingerprint density at radius 3 is 2.35 bits per heavy atom. The predicted molar refractivity (Wildman–Crippen MR) is 67.4 cm³/mol. The van der Waals surface area contributed by atoms with E-state index in [2.05, 4.69) is 0 Å². The Kier molecular flexibility index (Phi) is 4.13. The Labute approximate surface area is 114 Å². The summed E-state index contributed by atoms with van der Waals surface area (Å²) in [6.07, 6.45) is -3.01. The average molecular weight is 285 g/mol. The topological polar surface area (TPSA) is 40.5 Å². The summed E-state index contributed by atoms with van der Waals surface area (Å²) in [4.78, 5) is 12.6. The molecule has 0 saturated heterocycles.